The van der Waals surface area contributed by atoms with Crippen molar-refractivity contribution in [1.29, 1.82) is 0 Å². The molecule has 1 N–H and O–H groups in total. The van der Waals surface area contributed by atoms with E-state index in [1.165, 1.54) is 12.1 Å². The topological polar surface area (TPSA) is 58.2 Å². The van der Waals surface area contributed by atoms with Gasteiger partial charge in [-0.05, 0) is 48.7 Å². The van der Waals surface area contributed by atoms with E-state index in [2.05, 4.69) is 10.2 Å². The van der Waals surface area contributed by atoms with Gasteiger partial charge in [-0.3, -0.25) is 9.89 Å². The van der Waals surface area contributed by atoms with Crippen molar-refractivity contribution < 1.29 is 13.9 Å². The number of methoxy groups -OCH3 is 1. The number of aromatic amines is 1. The number of rotatable bonds is 8. The van der Waals surface area contributed by atoms with E-state index in [9.17, 15) is 9.18 Å². The molecule has 0 unspecified atom stereocenters. The zero-order chi connectivity index (χ0) is 19.9. The highest BCUT2D eigenvalue weighted by molar-refractivity contribution is 5.94. The van der Waals surface area contributed by atoms with Crippen molar-refractivity contribution in [3.63, 3.8) is 0 Å². The summed E-state index contributed by atoms with van der Waals surface area (Å²) in [5.41, 5.74) is 4.12. The third-order valence-electron chi connectivity index (χ3n) is 4.55. The molecule has 0 saturated heterocycles. The number of ether oxygens (including phenoxy) is 1. The van der Waals surface area contributed by atoms with Crippen LogP contribution >= 0.6 is 0 Å². The Bertz CT molecular complexity index is 922. The first-order valence-corrected chi connectivity index (χ1v) is 9.20. The van der Waals surface area contributed by atoms with E-state index in [1.807, 2.05) is 36.4 Å². The lowest BCUT2D eigenvalue weighted by atomic mass is 10.1. The predicted molar refractivity (Wildman–Crippen MR) is 106 cm³/mol. The summed E-state index contributed by atoms with van der Waals surface area (Å²) in [7, 11) is 3.45. The Morgan fingerprint density at radius 1 is 1.18 bits per heavy atom. The van der Waals surface area contributed by atoms with E-state index < -0.39 is 0 Å². The third kappa shape index (κ3) is 5.04. The fourth-order valence-corrected chi connectivity index (χ4v) is 3.02. The molecule has 2 aromatic carbocycles. The number of aryl methyl sites for hydroxylation is 1. The maximum Gasteiger partial charge on any atom is 0.253 e. The molecule has 0 aliphatic heterocycles. The van der Waals surface area contributed by atoms with Crippen molar-refractivity contribution in [3.8, 4) is 11.3 Å². The van der Waals surface area contributed by atoms with Crippen LogP contribution in [0.3, 0.4) is 0 Å². The smallest absolute Gasteiger partial charge is 0.253 e. The first kappa shape index (κ1) is 19.8. The lowest BCUT2D eigenvalue weighted by Gasteiger charge is -2.17. The monoisotopic (exact) mass is 381 g/mol. The number of carbonyl (C=O) groups is 1. The third-order valence-corrected chi connectivity index (χ3v) is 4.55. The van der Waals surface area contributed by atoms with Crippen molar-refractivity contribution in [2.75, 3.05) is 20.7 Å². The van der Waals surface area contributed by atoms with Gasteiger partial charge in [0.1, 0.15) is 5.82 Å². The summed E-state index contributed by atoms with van der Waals surface area (Å²) >= 11 is 0. The molecule has 0 atom stereocenters. The maximum absolute atomic E-state index is 13.3. The van der Waals surface area contributed by atoms with Crippen LogP contribution in [0, 0.1) is 5.82 Å². The summed E-state index contributed by atoms with van der Waals surface area (Å²) in [5, 5.41) is 7.24. The van der Waals surface area contributed by atoms with Gasteiger partial charge in [-0.15, -0.1) is 0 Å². The van der Waals surface area contributed by atoms with Gasteiger partial charge < -0.3 is 9.64 Å². The van der Waals surface area contributed by atoms with Crippen LogP contribution in [-0.2, 0) is 17.8 Å². The van der Waals surface area contributed by atoms with Crippen LogP contribution in [0.1, 0.15) is 28.0 Å². The predicted octanol–water partition coefficient (Wildman–Crippen LogP) is 4.07. The highest BCUT2D eigenvalue weighted by Gasteiger charge is 2.12. The Morgan fingerprint density at radius 2 is 1.96 bits per heavy atom. The van der Waals surface area contributed by atoms with E-state index >= 15 is 0 Å². The molecule has 0 aliphatic carbocycles. The molecule has 0 saturated carbocycles. The van der Waals surface area contributed by atoms with Gasteiger partial charge in [0.15, 0.2) is 0 Å². The van der Waals surface area contributed by atoms with Gasteiger partial charge in [0, 0.05) is 37.5 Å². The lowest BCUT2D eigenvalue weighted by Crippen LogP contribution is -2.28. The van der Waals surface area contributed by atoms with E-state index in [1.54, 1.807) is 25.1 Å². The molecule has 0 bridgehead atoms. The standard InChI is InChI=1S/C22H24FN3O2/c1-26(22(27)17-10-8-16(9-11-17)15-28-2)12-4-7-20-14-21(25-24-20)18-5-3-6-19(23)13-18/h3,5-6,8-11,13-14H,4,7,12,15H2,1-2H3,(H,24,25). The Hall–Kier alpha value is -2.99. The second-order valence-electron chi connectivity index (χ2n) is 6.75. The molecule has 1 amide bonds. The van der Waals surface area contributed by atoms with Gasteiger partial charge in [-0.2, -0.15) is 5.10 Å². The van der Waals surface area contributed by atoms with Gasteiger partial charge in [0.2, 0.25) is 0 Å². The van der Waals surface area contributed by atoms with Gasteiger partial charge in [0.25, 0.3) is 5.91 Å². The van der Waals surface area contributed by atoms with E-state index in [4.69, 9.17) is 4.74 Å². The van der Waals surface area contributed by atoms with E-state index in [0.29, 0.717) is 18.7 Å². The zero-order valence-electron chi connectivity index (χ0n) is 16.1. The minimum absolute atomic E-state index is 0.00553. The summed E-state index contributed by atoms with van der Waals surface area (Å²) in [6, 6.07) is 15.8. The van der Waals surface area contributed by atoms with Crippen LogP contribution in [0.15, 0.2) is 54.6 Å². The Kier molecular flexibility index (Phi) is 6.55. The highest BCUT2D eigenvalue weighted by Crippen LogP contribution is 2.19. The molecule has 0 radical (unpaired) electrons. The summed E-state index contributed by atoms with van der Waals surface area (Å²) in [6.45, 7) is 1.17. The summed E-state index contributed by atoms with van der Waals surface area (Å²) in [4.78, 5) is 14.2. The molecule has 0 fully saturated rings. The first-order chi connectivity index (χ1) is 13.6. The average Bonchev–Trinajstić information content (AvgIpc) is 3.17. The minimum atomic E-state index is -0.280. The molecule has 0 spiro atoms. The summed E-state index contributed by atoms with van der Waals surface area (Å²) < 4.78 is 18.4. The van der Waals surface area contributed by atoms with Crippen LogP contribution in [0.4, 0.5) is 4.39 Å². The van der Waals surface area contributed by atoms with Gasteiger partial charge >= 0.3 is 0 Å². The van der Waals surface area contributed by atoms with Crippen molar-refractivity contribution in [2.45, 2.75) is 19.4 Å². The van der Waals surface area contributed by atoms with Crippen LogP contribution in [-0.4, -0.2) is 41.7 Å². The average molecular weight is 381 g/mol. The fourth-order valence-electron chi connectivity index (χ4n) is 3.02. The van der Waals surface area contributed by atoms with E-state index in [-0.39, 0.29) is 11.7 Å². The van der Waals surface area contributed by atoms with Crippen LogP contribution < -0.4 is 0 Å². The Morgan fingerprint density at radius 3 is 2.68 bits per heavy atom. The number of carbonyl (C=O) groups excluding carboxylic acids is 1. The number of hydrogen-bond acceptors (Lipinski definition) is 3. The molecule has 0 aliphatic rings. The van der Waals surface area contributed by atoms with Crippen molar-refractivity contribution in [3.05, 3.63) is 77.2 Å². The number of aromatic nitrogens is 2. The molecule has 3 rings (SSSR count). The molecule has 3 aromatic rings. The molecular weight excluding hydrogens is 357 g/mol. The highest BCUT2D eigenvalue weighted by atomic mass is 19.1. The van der Waals surface area contributed by atoms with E-state index in [0.717, 1.165) is 35.4 Å². The molecular formula is C22H24FN3O2. The maximum atomic E-state index is 13.3. The molecule has 28 heavy (non-hydrogen) atoms. The SMILES string of the molecule is COCc1ccc(C(=O)N(C)CCCc2cc(-c3cccc(F)c3)n[nH]2)cc1. The van der Waals surface area contributed by atoms with Crippen molar-refractivity contribution in [1.82, 2.24) is 15.1 Å². The van der Waals surface area contributed by atoms with Crippen LogP contribution in [0.5, 0.6) is 0 Å². The fraction of sp³-hybridized carbons (Fsp3) is 0.273. The molecule has 6 heteroatoms. The molecule has 146 valence electrons. The van der Waals surface area contributed by atoms with Gasteiger partial charge in [-0.25, -0.2) is 4.39 Å². The number of benzene rings is 2. The summed E-state index contributed by atoms with van der Waals surface area (Å²) in [5.74, 6) is -0.286. The van der Waals surface area contributed by atoms with Crippen molar-refractivity contribution >= 4 is 5.91 Å². The van der Waals surface area contributed by atoms with Crippen molar-refractivity contribution in [2.24, 2.45) is 0 Å². The number of hydrogen-bond donors (Lipinski definition) is 1. The Labute approximate surface area is 164 Å². The van der Waals surface area contributed by atoms with Gasteiger partial charge in [0.05, 0.1) is 12.3 Å². The van der Waals surface area contributed by atoms with Gasteiger partial charge in [-0.1, -0.05) is 24.3 Å². The first-order valence-electron chi connectivity index (χ1n) is 9.20. The number of nitrogens with zero attached hydrogens (tertiary/aromatic N) is 2. The summed E-state index contributed by atoms with van der Waals surface area (Å²) in [6.07, 6.45) is 1.56. The molecule has 1 heterocycles. The number of halogens is 1. The van der Waals surface area contributed by atoms with Crippen LogP contribution in [0.25, 0.3) is 11.3 Å². The van der Waals surface area contributed by atoms with Crippen LogP contribution in [0.2, 0.25) is 0 Å². The Balaban J connectivity index is 1.51. The zero-order valence-corrected chi connectivity index (χ0v) is 16.1. The number of H-pyrrole nitrogens is 1. The minimum Gasteiger partial charge on any atom is -0.380 e. The molecule has 5 nitrogen and oxygen atoms in total. The lowest BCUT2D eigenvalue weighted by molar-refractivity contribution is 0.0793. The second kappa shape index (κ2) is 9.28. The normalized spacial score (nSPS) is 10.8. The second-order valence-corrected chi connectivity index (χ2v) is 6.75. The molecule has 1 aromatic heterocycles. The largest absolute Gasteiger partial charge is 0.380 e. The quantitative estimate of drug-likeness (QED) is 0.640. The number of nitrogens with one attached hydrogen (secondary N) is 1. The number of amides is 1.